The molecule has 6 rings (SSSR count). The molecule has 1 aromatic carbocycles. The number of nitrogens with two attached hydrogens (primary N) is 1. The number of benzene rings is 1. The number of fused-ring (bicyclic) bond motifs is 1. The Morgan fingerprint density at radius 3 is 2.73 bits per heavy atom. The lowest BCUT2D eigenvalue weighted by atomic mass is 9.96. The molecule has 4 aliphatic rings. The molecule has 11 nitrogen and oxygen atoms in total. The van der Waals surface area contributed by atoms with Crippen molar-refractivity contribution in [1.82, 2.24) is 30.0 Å². The third-order valence-corrected chi connectivity index (χ3v) is 8.19. The summed E-state index contributed by atoms with van der Waals surface area (Å²) < 4.78 is 0. The van der Waals surface area contributed by atoms with Gasteiger partial charge in [0.25, 0.3) is 5.91 Å². The van der Waals surface area contributed by atoms with Crippen molar-refractivity contribution in [2.45, 2.75) is 37.9 Å². The van der Waals surface area contributed by atoms with Gasteiger partial charge in [0.2, 0.25) is 0 Å². The Balaban J connectivity index is 1.20. The number of primary amides is 1. The molecule has 0 unspecified atom stereocenters. The molecule has 3 fully saturated rings. The van der Waals surface area contributed by atoms with E-state index in [1.807, 2.05) is 18.0 Å². The highest BCUT2D eigenvalue weighted by Crippen LogP contribution is 2.29. The van der Waals surface area contributed by atoms with Crippen LogP contribution in [-0.2, 0) is 13.0 Å². The molecule has 0 saturated carbocycles. The largest absolute Gasteiger partial charge is 0.364 e. The van der Waals surface area contributed by atoms with Crippen molar-refractivity contribution in [3.8, 4) is 0 Å². The van der Waals surface area contributed by atoms with E-state index in [2.05, 4.69) is 37.6 Å². The predicted octanol–water partition coefficient (Wildman–Crippen LogP) is 0.985. The summed E-state index contributed by atoms with van der Waals surface area (Å²) in [6, 6.07) is 7.21. The van der Waals surface area contributed by atoms with Crippen molar-refractivity contribution in [3.05, 3.63) is 41.2 Å². The number of nitrogens with one attached hydrogen (secondary N) is 2. The van der Waals surface area contributed by atoms with Gasteiger partial charge in [-0.3, -0.25) is 9.69 Å². The highest BCUT2D eigenvalue weighted by atomic mass is 16.2. The quantitative estimate of drug-likeness (QED) is 0.531. The zero-order chi connectivity index (χ0) is 25.5. The van der Waals surface area contributed by atoms with Crippen LogP contribution in [0.2, 0.25) is 0 Å². The summed E-state index contributed by atoms with van der Waals surface area (Å²) in [7, 11) is 1.84. The molecular weight excluding hydrogens is 470 g/mol. The molecule has 1 atom stereocenters. The Bertz CT molecular complexity index is 1200. The second-order valence-corrected chi connectivity index (χ2v) is 10.6. The van der Waals surface area contributed by atoms with Crippen LogP contribution in [-0.4, -0.2) is 102 Å². The second kappa shape index (κ2) is 9.79. The van der Waals surface area contributed by atoms with E-state index in [1.165, 1.54) is 11.1 Å². The number of carbonyl (C=O) groups is 2. The third kappa shape index (κ3) is 4.69. The smallest absolute Gasteiger partial charge is 0.320 e. The van der Waals surface area contributed by atoms with Gasteiger partial charge in [-0.1, -0.05) is 6.07 Å². The van der Waals surface area contributed by atoms with Gasteiger partial charge in [-0.15, -0.1) is 0 Å². The van der Waals surface area contributed by atoms with Gasteiger partial charge in [0.15, 0.2) is 11.5 Å². The van der Waals surface area contributed by atoms with E-state index < -0.39 is 5.91 Å². The summed E-state index contributed by atoms with van der Waals surface area (Å²) in [6.07, 6.45) is 4.54. The minimum absolute atomic E-state index is 0.0873. The Hall–Kier alpha value is -3.44. The maximum absolute atomic E-state index is 12.5. The lowest BCUT2D eigenvalue weighted by Gasteiger charge is -2.41. The fourth-order valence-electron chi connectivity index (χ4n) is 5.86. The highest BCUT2D eigenvalue weighted by Gasteiger charge is 2.35. The van der Waals surface area contributed by atoms with Gasteiger partial charge < -0.3 is 31.1 Å². The fourth-order valence-corrected chi connectivity index (χ4v) is 5.86. The van der Waals surface area contributed by atoms with E-state index in [1.54, 1.807) is 11.1 Å². The number of urea groups is 1. The van der Waals surface area contributed by atoms with Crippen molar-refractivity contribution >= 4 is 29.3 Å². The lowest BCUT2D eigenvalue weighted by Crippen LogP contribution is -2.57. The molecule has 4 aliphatic heterocycles. The molecule has 196 valence electrons. The predicted molar refractivity (Wildman–Crippen MR) is 141 cm³/mol. The first-order valence-electron chi connectivity index (χ1n) is 13.2. The number of nitrogens with zero attached hydrogens (tertiary/aromatic N) is 6. The number of amides is 3. The summed E-state index contributed by atoms with van der Waals surface area (Å²) in [4.78, 5) is 42.3. The van der Waals surface area contributed by atoms with Gasteiger partial charge in [-0.05, 0) is 42.5 Å². The normalized spacial score (nSPS) is 22.7. The third-order valence-electron chi connectivity index (χ3n) is 8.19. The fraction of sp³-hybridized carbons (Fsp3) is 0.538. The maximum atomic E-state index is 12.5. The van der Waals surface area contributed by atoms with Crippen molar-refractivity contribution in [3.63, 3.8) is 0 Å². The summed E-state index contributed by atoms with van der Waals surface area (Å²) in [5.74, 6) is 0.424. The average Bonchev–Trinajstić information content (AvgIpc) is 3.21. The first-order chi connectivity index (χ1) is 18.0. The molecule has 0 bridgehead atoms. The van der Waals surface area contributed by atoms with Gasteiger partial charge in [0.1, 0.15) is 5.82 Å². The van der Waals surface area contributed by atoms with E-state index in [0.29, 0.717) is 24.2 Å². The first kappa shape index (κ1) is 23.9. The van der Waals surface area contributed by atoms with E-state index in [9.17, 15) is 9.59 Å². The Kier molecular flexibility index (Phi) is 6.33. The molecule has 3 amide bonds. The number of piperidine rings is 1. The van der Waals surface area contributed by atoms with Crippen molar-refractivity contribution in [2.24, 2.45) is 5.73 Å². The van der Waals surface area contributed by atoms with Crippen LogP contribution in [0.15, 0.2) is 24.4 Å². The Morgan fingerprint density at radius 2 is 2.00 bits per heavy atom. The van der Waals surface area contributed by atoms with E-state index in [-0.39, 0.29) is 17.8 Å². The molecular formula is C26H35N9O2. The van der Waals surface area contributed by atoms with Crippen molar-refractivity contribution in [2.75, 3.05) is 63.1 Å². The number of likely N-dealkylation sites (N-methyl/N-ethyl adjacent to an activating group) is 1. The van der Waals surface area contributed by atoms with Crippen LogP contribution in [0.5, 0.6) is 0 Å². The number of carbonyl (C=O) groups excluding carboxylic acids is 2. The molecule has 0 spiro atoms. The number of rotatable bonds is 6. The van der Waals surface area contributed by atoms with Crippen LogP contribution in [0.3, 0.4) is 0 Å². The molecule has 4 N–H and O–H groups in total. The molecule has 2 aromatic rings. The molecule has 11 heteroatoms. The SMILES string of the molecule is CN1CCN([C@@H]2CCCN(c3cnc(C(N)=O)c(Nc4ccc5c(c4)CCN(C4CNC4)C5)n3)C2)C1=O. The highest BCUT2D eigenvalue weighted by molar-refractivity contribution is 5.96. The Morgan fingerprint density at radius 1 is 1.14 bits per heavy atom. The first-order valence-corrected chi connectivity index (χ1v) is 13.2. The van der Waals surface area contributed by atoms with E-state index in [0.717, 1.165) is 70.8 Å². The minimum atomic E-state index is -0.619. The van der Waals surface area contributed by atoms with Gasteiger partial charge in [0.05, 0.1) is 12.2 Å². The van der Waals surface area contributed by atoms with Crippen LogP contribution in [0.25, 0.3) is 0 Å². The topological polar surface area (TPSA) is 123 Å². The van der Waals surface area contributed by atoms with Crippen molar-refractivity contribution < 1.29 is 9.59 Å². The Labute approximate surface area is 217 Å². The molecule has 3 saturated heterocycles. The molecule has 1 aromatic heterocycles. The number of aromatic nitrogens is 2. The summed E-state index contributed by atoms with van der Waals surface area (Å²) >= 11 is 0. The van der Waals surface area contributed by atoms with E-state index in [4.69, 9.17) is 10.7 Å². The number of hydrogen-bond donors (Lipinski definition) is 3. The van der Waals surface area contributed by atoms with Crippen LogP contribution in [0, 0.1) is 0 Å². The summed E-state index contributed by atoms with van der Waals surface area (Å²) in [5, 5.41) is 6.68. The molecule has 5 heterocycles. The number of anilines is 3. The molecule has 0 aliphatic carbocycles. The van der Waals surface area contributed by atoms with E-state index >= 15 is 0 Å². The number of hydrogen-bond acceptors (Lipinski definition) is 8. The van der Waals surface area contributed by atoms with Gasteiger partial charge >= 0.3 is 6.03 Å². The van der Waals surface area contributed by atoms with Crippen molar-refractivity contribution in [1.29, 1.82) is 0 Å². The van der Waals surface area contributed by atoms with Gasteiger partial charge in [-0.25, -0.2) is 14.8 Å². The van der Waals surface area contributed by atoms with Crippen LogP contribution in [0.4, 0.5) is 22.1 Å². The monoisotopic (exact) mass is 505 g/mol. The molecule has 0 radical (unpaired) electrons. The lowest BCUT2D eigenvalue weighted by molar-refractivity contribution is 0.0996. The second-order valence-electron chi connectivity index (χ2n) is 10.6. The molecule has 37 heavy (non-hydrogen) atoms. The standard InChI is InChI=1S/C26H35N9O2/c1-32-9-10-35(26(32)37)20-3-2-7-34(16-20)22-14-29-23(24(27)36)25(31-22)30-19-5-4-18-15-33(21-12-28-13-21)8-6-17(18)11-19/h4-5,11,14,20-21,28H,2-3,6-10,12-13,15-16H2,1H3,(H2,27,36)(H,30,31)/t20-/m1/s1. The zero-order valence-corrected chi connectivity index (χ0v) is 21.3. The zero-order valence-electron chi connectivity index (χ0n) is 21.3. The van der Waals surface area contributed by atoms with Gasteiger partial charge in [-0.2, -0.15) is 0 Å². The maximum Gasteiger partial charge on any atom is 0.320 e. The van der Waals surface area contributed by atoms with Gasteiger partial charge in [0, 0.05) is 71.1 Å². The minimum Gasteiger partial charge on any atom is -0.364 e. The van der Waals surface area contributed by atoms with Crippen LogP contribution >= 0.6 is 0 Å². The summed E-state index contributed by atoms with van der Waals surface area (Å²) in [6.45, 7) is 7.19. The van der Waals surface area contributed by atoms with Crippen LogP contribution < -0.4 is 21.3 Å². The summed E-state index contributed by atoms with van der Waals surface area (Å²) in [5.41, 5.74) is 9.30. The average molecular weight is 506 g/mol. The van der Waals surface area contributed by atoms with Crippen LogP contribution in [0.1, 0.15) is 34.5 Å².